The van der Waals surface area contributed by atoms with Crippen molar-refractivity contribution in [3.63, 3.8) is 0 Å². The molecule has 0 amide bonds. The Balaban J connectivity index is 1.84. The first-order valence-electron chi connectivity index (χ1n) is 13.4. The van der Waals surface area contributed by atoms with Gasteiger partial charge in [0.1, 0.15) is 12.4 Å². The van der Waals surface area contributed by atoms with Crippen molar-refractivity contribution in [2.24, 2.45) is 0 Å². The number of hydrogen-bond donors (Lipinski definition) is 0. The highest BCUT2D eigenvalue weighted by atomic mass is 15.1. The van der Waals surface area contributed by atoms with Gasteiger partial charge in [-0.1, -0.05) is 117 Å². The second kappa shape index (κ2) is 20.5. The topological polar surface area (TPSA) is 8.81 Å². The maximum Gasteiger partial charge on any atom is 0.243 e. The number of hydrogen-bond acceptors (Lipinski definition) is 0. The van der Waals surface area contributed by atoms with Gasteiger partial charge in [-0.3, -0.25) is 0 Å². The zero-order chi connectivity index (χ0) is 20.8. The van der Waals surface area contributed by atoms with Crippen LogP contribution in [0.15, 0.2) is 18.7 Å². The molecule has 0 saturated carbocycles. The van der Waals surface area contributed by atoms with Crippen LogP contribution in [-0.4, -0.2) is 4.57 Å². The molecule has 1 heterocycles. The summed E-state index contributed by atoms with van der Waals surface area (Å²) >= 11 is 0. The van der Waals surface area contributed by atoms with Crippen LogP contribution in [-0.2, 0) is 13.1 Å². The van der Waals surface area contributed by atoms with Crippen LogP contribution in [0.25, 0.3) is 0 Å². The molecular weight excluding hydrogens is 352 g/mol. The molecule has 1 rings (SSSR count). The van der Waals surface area contributed by atoms with Gasteiger partial charge in [0.05, 0.1) is 13.1 Å². The van der Waals surface area contributed by atoms with Crippen molar-refractivity contribution in [2.75, 3.05) is 0 Å². The Labute approximate surface area is 183 Å². The molecule has 2 nitrogen and oxygen atoms in total. The molecule has 0 unspecified atom stereocenters. The highest BCUT2D eigenvalue weighted by Gasteiger charge is 2.03. The maximum absolute atomic E-state index is 2.39. The van der Waals surface area contributed by atoms with Crippen molar-refractivity contribution >= 4 is 0 Å². The zero-order valence-electron chi connectivity index (χ0n) is 20.2. The van der Waals surface area contributed by atoms with E-state index in [1.165, 1.54) is 142 Å². The Hall–Kier alpha value is -0.790. The molecule has 0 atom stereocenters. The molecule has 0 aliphatic rings. The molecule has 0 bridgehead atoms. The fourth-order valence-electron chi connectivity index (χ4n) is 4.27. The summed E-state index contributed by atoms with van der Waals surface area (Å²) in [6.45, 7) is 6.98. The molecule has 0 fully saturated rings. The predicted octanol–water partition coefficient (Wildman–Crippen LogP) is 8.62. The molecule has 2 heteroatoms. The first kappa shape index (κ1) is 26.2. The quantitative estimate of drug-likeness (QED) is 0.135. The third kappa shape index (κ3) is 16.7. The molecule has 170 valence electrons. The number of nitrogens with zero attached hydrogens (tertiary/aromatic N) is 2. The summed E-state index contributed by atoms with van der Waals surface area (Å²) in [5.41, 5.74) is 0. The SMILES string of the molecule is CCCCCCCCCCCCCCCCn1cc[n+](CCCCCCCC)c1. The average Bonchev–Trinajstić information content (AvgIpc) is 3.18. The van der Waals surface area contributed by atoms with Crippen LogP contribution in [0.2, 0.25) is 0 Å². The van der Waals surface area contributed by atoms with Gasteiger partial charge in [-0.25, -0.2) is 9.13 Å². The molecular formula is C27H53N2+. The maximum atomic E-state index is 2.39. The molecule has 29 heavy (non-hydrogen) atoms. The van der Waals surface area contributed by atoms with E-state index in [1.54, 1.807) is 0 Å². The van der Waals surface area contributed by atoms with Gasteiger partial charge >= 0.3 is 0 Å². The van der Waals surface area contributed by atoms with E-state index in [1.807, 2.05) is 0 Å². The van der Waals surface area contributed by atoms with E-state index in [2.05, 4.69) is 41.7 Å². The lowest BCUT2D eigenvalue weighted by atomic mass is 10.0. The van der Waals surface area contributed by atoms with Gasteiger partial charge in [-0.2, -0.15) is 0 Å². The van der Waals surface area contributed by atoms with Crippen LogP contribution in [0.5, 0.6) is 0 Å². The average molecular weight is 406 g/mol. The lowest BCUT2D eigenvalue weighted by molar-refractivity contribution is -0.696. The van der Waals surface area contributed by atoms with E-state index in [0.717, 1.165) is 0 Å². The normalized spacial score (nSPS) is 11.4. The van der Waals surface area contributed by atoms with Crippen LogP contribution in [0.1, 0.15) is 142 Å². The second-order valence-corrected chi connectivity index (χ2v) is 9.25. The molecule has 0 aliphatic carbocycles. The number of imidazole rings is 1. The monoisotopic (exact) mass is 405 g/mol. The zero-order valence-corrected chi connectivity index (χ0v) is 20.2. The van der Waals surface area contributed by atoms with Crippen molar-refractivity contribution in [1.29, 1.82) is 0 Å². The summed E-state index contributed by atoms with van der Waals surface area (Å²) in [7, 11) is 0. The van der Waals surface area contributed by atoms with Gasteiger partial charge in [-0.15, -0.1) is 0 Å². The summed E-state index contributed by atoms with van der Waals surface area (Å²) in [5, 5.41) is 0. The van der Waals surface area contributed by atoms with Gasteiger partial charge in [0.25, 0.3) is 0 Å². The Kier molecular flexibility index (Phi) is 18.5. The van der Waals surface area contributed by atoms with Gasteiger partial charge in [0.15, 0.2) is 0 Å². The van der Waals surface area contributed by atoms with E-state index in [0.29, 0.717) is 0 Å². The first-order chi connectivity index (χ1) is 14.4. The summed E-state index contributed by atoms with van der Waals surface area (Å²) in [4.78, 5) is 0. The Morgan fingerprint density at radius 1 is 0.517 bits per heavy atom. The largest absolute Gasteiger partial charge is 0.243 e. The number of unbranched alkanes of at least 4 members (excludes halogenated alkanes) is 18. The smallest absolute Gasteiger partial charge is 0.237 e. The van der Waals surface area contributed by atoms with Gasteiger partial charge in [0, 0.05) is 0 Å². The fraction of sp³-hybridized carbons (Fsp3) is 0.889. The summed E-state index contributed by atoms with van der Waals surface area (Å²) < 4.78 is 4.77. The van der Waals surface area contributed by atoms with Crippen LogP contribution in [0.4, 0.5) is 0 Å². The van der Waals surface area contributed by atoms with Crippen molar-refractivity contribution in [3.05, 3.63) is 18.7 Å². The lowest BCUT2D eigenvalue weighted by Crippen LogP contribution is -2.30. The van der Waals surface area contributed by atoms with Crippen molar-refractivity contribution < 1.29 is 4.57 Å². The number of aromatic nitrogens is 2. The minimum Gasteiger partial charge on any atom is -0.237 e. The first-order valence-corrected chi connectivity index (χ1v) is 13.4. The highest BCUT2D eigenvalue weighted by Crippen LogP contribution is 2.13. The second-order valence-electron chi connectivity index (χ2n) is 9.25. The van der Waals surface area contributed by atoms with Gasteiger partial charge < -0.3 is 0 Å². The van der Waals surface area contributed by atoms with E-state index >= 15 is 0 Å². The van der Waals surface area contributed by atoms with Crippen LogP contribution in [0, 0.1) is 0 Å². The Morgan fingerprint density at radius 2 is 0.931 bits per heavy atom. The minimum absolute atomic E-state index is 1.19. The van der Waals surface area contributed by atoms with E-state index < -0.39 is 0 Å². The third-order valence-electron chi connectivity index (χ3n) is 6.29. The van der Waals surface area contributed by atoms with Gasteiger partial charge in [0.2, 0.25) is 6.33 Å². The van der Waals surface area contributed by atoms with E-state index in [-0.39, 0.29) is 0 Å². The van der Waals surface area contributed by atoms with Crippen molar-refractivity contribution in [3.8, 4) is 0 Å². The lowest BCUT2D eigenvalue weighted by Gasteiger charge is -2.03. The van der Waals surface area contributed by atoms with Crippen LogP contribution >= 0.6 is 0 Å². The van der Waals surface area contributed by atoms with E-state index in [4.69, 9.17) is 0 Å². The fourth-order valence-corrected chi connectivity index (χ4v) is 4.27. The Bertz CT molecular complexity index is 438. The molecule has 0 radical (unpaired) electrons. The highest BCUT2D eigenvalue weighted by molar-refractivity contribution is 4.66. The van der Waals surface area contributed by atoms with Crippen molar-refractivity contribution in [1.82, 2.24) is 4.57 Å². The minimum atomic E-state index is 1.19. The van der Waals surface area contributed by atoms with Gasteiger partial charge in [-0.05, 0) is 25.7 Å². The predicted molar refractivity (Wildman–Crippen MR) is 128 cm³/mol. The molecule has 0 saturated heterocycles. The molecule has 0 aromatic carbocycles. The summed E-state index contributed by atoms with van der Waals surface area (Å²) in [6.07, 6.45) is 35.3. The molecule has 0 spiro atoms. The van der Waals surface area contributed by atoms with E-state index in [9.17, 15) is 0 Å². The molecule has 0 N–H and O–H groups in total. The molecule has 1 aromatic heterocycles. The third-order valence-corrected chi connectivity index (χ3v) is 6.29. The Morgan fingerprint density at radius 3 is 1.41 bits per heavy atom. The standard InChI is InChI=1S/C27H53N2/c1-3-5-7-9-11-12-13-14-15-16-17-18-20-22-24-29-26-25-28(27-29)23-21-19-10-8-6-4-2/h25-27H,3-24H2,1-2H3/q+1. The molecule has 0 aliphatic heterocycles. The van der Waals surface area contributed by atoms with Crippen molar-refractivity contribution in [2.45, 2.75) is 155 Å². The number of rotatable bonds is 22. The summed E-state index contributed by atoms with van der Waals surface area (Å²) in [5.74, 6) is 0. The summed E-state index contributed by atoms with van der Waals surface area (Å²) in [6, 6.07) is 0. The van der Waals surface area contributed by atoms with Crippen LogP contribution < -0.4 is 4.57 Å². The molecule has 1 aromatic rings. The number of aryl methyl sites for hydroxylation is 2. The van der Waals surface area contributed by atoms with Crippen LogP contribution in [0.3, 0.4) is 0 Å².